The molecule has 4 aromatic rings. The zero-order valence-corrected chi connectivity index (χ0v) is 28.8. The van der Waals surface area contributed by atoms with Crippen LogP contribution in [0.5, 0.6) is 28.7 Å². The summed E-state index contributed by atoms with van der Waals surface area (Å²) in [6.07, 6.45) is 11.0. The second-order valence-electron chi connectivity index (χ2n) is 11.9. The number of benzene rings is 4. The van der Waals surface area contributed by atoms with E-state index in [2.05, 4.69) is 6.92 Å². The molecule has 0 aliphatic carbocycles. The Kier molecular flexibility index (Phi) is 15.5. The fourth-order valence-corrected chi connectivity index (χ4v) is 5.22. The van der Waals surface area contributed by atoms with Gasteiger partial charge in [0, 0.05) is 6.07 Å². The first-order valence-corrected chi connectivity index (χ1v) is 17.4. The Labute approximate surface area is 290 Å². The van der Waals surface area contributed by atoms with E-state index in [9.17, 15) is 9.59 Å². The lowest BCUT2D eigenvalue weighted by Crippen LogP contribution is -2.12. The minimum Gasteiger partial charge on any atom is -0.497 e. The van der Waals surface area contributed by atoms with Crippen molar-refractivity contribution in [1.82, 2.24) is 0 Å². The number of hydrogen-bond donors (Lipinski definition) is 1. The Morgan fingerprint density at radius 3 is 1.65 bits per heavy atom. The standard InChI is InChI=1S/C41H49NO7/c1-3-4-5-6-8-11-28-46-37-25-26-38(39(30-37)47-29-12-9-7-10-27-42)41(44)49-36-23-15-32(16-24-36)31-13-21-35(22-14-31)48-40(43)33-17-19-34(45-2)20-18-33/h13-26,30H,3-12,27-29,42H2,1-2H3. The minimum atomic E-state index is -0.503. The number of carbonyl (C=O) groups is 2. The van der Waals surface area contributed by atoms with E-state index in [0.717, 1.165) is 49.7 Å². The third-order valence-corrected chi connectivity index (χ3v) is 8.08. The Hall–Kier alpha value is -4.82. The van der Waals surface area contributed by atoms with Gasteiger partial charge in [0.2, 0.25) is 0 Å². The monoisotopic (exact) mass is 667 g/mol. The summed E-state index contributed by atoms with van der Waals surface area (Å²) < 4.78 is 28.5. The zero-order valence-electron chi connectivity index (χ0n) is 28.8. The van der Waals surface area contributed by atoms with Crippen LogP contribution in [0.2, 0.25) is 0 Å². The molecule has 0 spiro atoms. The predicted molar refractivity (Wildman–Crippen MR) is 193 cm³/mol. The van der Waals surface area contributed by atoms with Crippen molar-refractivity contribution in [2.75, 3.05) is 26.9 Å². The summed E-state index contributed by atoms with van der Waals surface area (Å²) >= 11 is 0. The summed E-state index contributed by atoms with van der Waals surface area (Å²) in [5, 5.41) is 0. The summed E-state index contributed by atoms with van der Waals surface area (Å²) in [6, 6.07) is 26.5. The molecule has 0 saturated carbocycles. The highest BCUT2D eigenvalue weighted by Crippen LogP contribution is 2.29. The lowest BCUT2D eigenvalue weighted by Gasteiger charge is -2.14. The molecule has 8 nitrogen and oxygen atoms in total. The van der Waals surface area contributed by atoms with E-state index in [1.807, 2.05) is 24.3 Å². The second-order valence-corrected chi connectivity index (χ2v) is 11.9. The molecule has 0 aliphatic heterocycles. The van der Waals surface area contributed by atoms with Crippen molar-refractivity contribution in [3.8, 4) is 39.9 Å². The van der Waals surface area contributed by atoms with Crippen molar-refractivity contribution in [2.45, 2.75) is 71.1 Å². The van der Waals surface area contributed by atoms with Crippen LogP contribution in [-0.4, -0.2) is 38.8 Å². The van der Waals surface area contributed by atoms with E-state index in [-0.39, 0.29) is 0 Å². The van der Waals surface area contributed by atoms with Gasteiger partial charge in [-0.3, -0.25) is 0 Å². The lowest BCUT2D eigenvalue weighted by molar-refractivity contribution is 0.0722. The van der Waals surface area contributed by atoms with Gasteiger partial charge >= 0.3 is 11.9 Å². The predicted octanol–water partition coefficient (Wildman–Crippen LogP) is 9.44. The molecule has 0 aromatic heterocycles. The van der Waals surface area contributed by atoms with Crippen molar-refractivity contribution in [3.63, 3.8) is 0 Å². The Morgan fingerprint density at radius 2 is 1.06 bits per heavy atom. The van der Waals surface area contributed by atoms with Crippen LogP contribution in [0.15, 0.2) is 91.0 Å². The van der Waals surface area contributed by atoms with Gasteiger partial charge in [-0.05, 0) is 97.6 Å². The van der Waals surface area contributed by atoms with Gasteiger partial charge in [-0.25, -0.2) is 9.59 Å². The number of nitrogens with two attached hydrogens (primary N) is 1. The maximum absolute atomic E-state index is 13.3. The van der Waals surface area contributed by atoms with E-state index in [4.69, 9.17) is 29.4 Å². The molecular formula is C41H49NO7. The molecule has 0 amide bonds. The van der Waals surface area contributed by atoms with Crippen molar-refractivity contribution >= 4 is 11.9 Å². The summed E-state index contributed by atoms with van der Waals surface area (Å²) in [5.74, 6) is 1.68. The Balaban J connectivity index is 1.35. The molecule has 49 heavy (non-hydrogen) atoms. The maximum Gasteiger partial charge on any atom is 0.347 e. The Morgan fingerprint density at radius 1 is 0.551 bits per heavy atom. The zero-order chi connectivity index (χ0) is 34.7. The third kappa shape index (κ3) is 12.3. The van der Waals surface area contributed by atoms with Crippen LogP contribution in [-0.2, 0) is 0 Å². The number of carbonyl (C=O) groups excluding carboxylic acids is 2. The molecule has 8 heteroatoms. The van der Waals surface area contributed by atoms with E-state index >= 15 is 0 Å². The van der Waals surface area contributed by atoms with Gasteiger partial charge in [0.05, 0.1) is 25.9 Å². The van der Waals surface area contributed by atoms with Gasteiger partial charge in [0.1, 0.15) is 34.3 Å². The number of rotatable bonds is 21. The second kappa shape index (κ2) is 20.5. The average Bonchev–Trinajstić information content (AvgIpc) is 3.13. The first kappa shape index (κ1) is 37.0. The highest BCUT2D eigenvalue weighted by molar-refractivity contribution is 5.94. The largest absolute Gasteiger partial charge is 0.497 e. The number of hydrogen-bond acceptors (Lipinski definition) is 8. The van der Waals surface area contributed by atoms with Gasteiger partial charge in [-0.1, -0.05) is 76.1 Å². The first-order chi connectivity index (χ1) is 24.0. The third-order valence-electron chi connectivity index (χ3n) is 8.08. The molecule has 0 heterocycles. The number of methoxy groups -OCH3 is 1. The van der Waals surface area contributed by atoms with Gasteiger partial charge in [-0.2, -0.15) is 0 Å². The van der Waals surface area contributed by atoms with Gasteiger partial charge in [-0.15, -0.1) is 0 Å². The molecule has 0 radical (unpaired) electrons. The quantitative estimate of drug-likeness (QED) is 0.0532. The number of unbranched alkanes of at least 4 members (excludes halogenated alkanes) is 8. The molecule has 0 bridgehead atoms. The molecular weight excluding hydrogens is 618 g/mol. The lowest BCUT2D eigenvalue weighted by atomic mass is 10.1. The molecule has 0 saturated heterocycles. The number of ether oxygens (including phenoxy) is 5. The van der Waals surface area contributed by atoms with Crippen molar-refractivity contribution < 1.29 is 33.3 Å². The maximum atomic E-state index is 13.3. The van der Waals surface area contributed by atoms with E-state index in [0.29, 0.717) is 59.6 Å². The van der Waals surface area contributed by atoms with Gasteiger partial charge in [0.15, 0.2) is 0 Å². The summed E-state index contributed by atoms with van der Waals surface area (Å²) in [6.45, 7) is 4.01. The molecule has 0 fully saturated rings. The van der Waals surface area contributed by atoms with Gasteiger partial charge < -0.3 is 29.4 Å². The molecule has 4 rings (SSSR count). The van der Waals surface area contributed by atoms with Crippen molar-refractivity contribution in [1.29, 1.82) is 0 Å². The summed E-state index contributed by atoms with van der Waals surface area (Å²) in [5.41, 5.74) is 8.22. The van der Waals surface area contributed by atoms with Crippen LogP contribution in [0.25, 0.3) is 11.1 Å². The molecule has 260 valence electrons. The highest BCUT2D eigenvalue weighted by Gasteiger charge is 2.17. The van der Waals surface area contributed by atoms with Crippen molar-refractivity contribution in [2.24, 2.45) is 5.73 Å². The molecule has 4 aromatic carbocycles. The minimum absolute atomic E-state index is 0.345. The van der Waals surface area contributed by atoms with Gasteiger partial charge in [0.25, 0.3) is 0 Å². The molecule has 0 atom stereocenters. The highest BCUT2D eigenvalue weighted by atomic mass is 16.5. The number of esters is 2. The summed E-state index contributed by atoms with van der Waals surface area (Å²) in [4.78, 5) is 25.8. The fourth-order valence-electron chi connectivity index (χ4n) is 5.22. The molecule has 0 unspecified atom stereocenters. The average molecular weight is 668 g/mol. The molecule has 2 N–H and O–H groups in total. The topological polar surface area (TPSA) is 106 Å². The van der Waals surface area contributed by atoms with Crippen LogP contribution in [0.1, 0.15) is 91.8 Å². The fraction of sp³-hybridized carbons (Fsp3) is 0.366. The normalized spacial score (nSPS) is 10.8. The smallest absolute Gasteiger partial charge is 0.347 e. The van der Waals surface area contributed by atoms with Crippen LogP contribution >= 0.6 is 0 Å². The van der Waals surface area contributed by atoms with Crippen LogP contribution < -0.4 is 29.4 Å². The van der Waals surface area contributed by atoms with Crippen molar-refractivity contribution in [3.05, 3.63) is 102 Å². The van der Waals surface area contributed by atoms with E-state index in [1.54, 1.807) is 73.8 Å². The van der Waals surface area contributed by atoms with E-state index < -0.39 is 11.9 Å². The van der Waals surface area contributed by atoms with Crippen LogP contribution in [0, 0.1) is 0 Å². The van der Waals surface area contributed by atoms with E-state index in [1.165, 1.54) is 25.7 Å². The Bertz CT molecular complexity index is 1570. The molecule has 0 aliphatic rings. The van der Waals surface area contributed by atoms with Crippen LogP contribution in [0.4, 0.5) is 0 Å². The summed E-state index contributed by atoms with van der Waals surface area (Å²) in [7, 11) is 1.57. The van der Waals surface area contributed by atoms with Crippen LogP contribution in [0.3, 0.4) is 0 Å². The SMILES string of the molecule is CCCCCCCCOc1ccc(C(=O)Oc2ccc(-c3ccc(OC(=O)c4ccc(OC)cc4)cc3)cc2)c(OCCCCCCN)c1. The first-order valence-electron chi connectivity index (χ1n) is 17.4.